The number of carbonyl (C=O) groups excluding carboxylic acids is 2. The first kappa shape index (κ1) is 29.8. The van der Waals surface area contributed by atoms with Crippen molar-refractivity contribution in [2.45, 2.75) is 90.8 Å². The lowest BCUT2D eigenvalue weighted by molar-refractivity contribution is -0.170. The number of nitrogen functional groups attached to an aromatic ring is 1. The SMILES string of the molecule is Cc1nc(N)c2c(C(N)=O)cn([C@@H]3C[C@H](COC(C)C(N)C(C)C)[C@@H](OC(=O)C(N)C(C)C)[C@@]3(C)O)c2n1. The molecule has 0 saturated heterocycles. The zero-order valence-corrected chi connectivity index (χ0v) is 23.3. The summed E-state index contributed by atoms with van der Waals surface area (Å²) in [6.07, 6.45) is 0.645. The Labute approximate surface area is 223 Å². The van der Waals surface area contributed by atoms with Gasteiger partial charge in [0, 0.05) is 18.2 Å². The average molecular weight is 534 g/mol. The maximum atomic E-state index is 12.9. The summed E-state index contributed by atoms with van der Waals surface area (Å²) in [5.74, 6) is -1.17. The fraction of sp³-hybridized carbons (Fsp3) is 0.692. The van der Waals surface area contributed by atoms with E-state index in [-0.39, 0.29) is 42.0 Å². The van der Waals surface area contributed by atoms with Crippen molar-refractivity contribution < 1.29 is 24.2 Å². The molecule has 1 fully saturated rings. The highest BCUT2D eigenvalue weighted by molar-refractivity contribution is 6.09. The van der Waals surface area contributed by atoms with E-state index in [0.717, 1.165) is 0 Å². The summed E-state index contributed by atoms with van der Waals surface area (Å²) in [6, 6.07) is -1.72. The van der Waals surface area contributed by atoms with Crippen LogP contribution in [0.4, 0.5) is 5.82 Å². The molecule has 1 saturated carbocycles. The van der Waals surface area contributed by atoms with Crippen LogP contribution in [0.1, 0.15) is 70.2 Å². The van der Waals surface area contributed by atoms with E-state index < -0.39 is 41.6 Å². The van der Waals surface area contributed by atoms with Gasteiger partial charge in [0.15, 0.2) is 0 Å². The number of hydrogen-bond donors (Lipinski definition) is 5. The van der Waals surface area contributed by atoms with Crippen LogP contribution in [-0.4, -0.2) is 68.0 Å². The quantitative estimate of drug-likeness (QED) is 0.274. The van der Waals surface area contributed by atoms with Crippen LogP contribution in [0.2, 0.25) is 0 Å². The third kappa shape index (κ3) is 5.63. The van der Waals surface area contributed by atoms with Gasteiger partial charge in [0.2, 0.25) is 0 Å². The van der Waals surface area contributed by atoms with Gasteiger partial charge in [0.1, 0.15) is 35.0 Å². The molecule has 0 radical (unpaired) electrons. The number of carbonyl (C=O) groups is 2. The number of anilines is 1. The number of aryl methyl sites for hydroxylation is 1. The van der Waals surface area contributed by atoms with Crippen molar-refractivity contribution in [3.8, 4) is 0 Å². The molecule has 7 atom stereocenters. The Hall–Kier alpha value is -2.80. The number of aromatic nitrogens is 3. The molecule has 0 spiro atoms. The maximum Gasteiger partial charge on any atom is 0.323 e. The molecular weight excluding hydrogens is 490 g/mol. The summed E-state index contributed by atoms with van der Waals surface area (Å²) >= 11 is 0. The van der Waals surface area contributed by atoms with Gasteiger partial charge in [-0.25, -0.2) is 9.97 Å². The highest BCUT2D eigenvalue weighted by Crippen LogP contribution is 2.47. The van der Waals surface area contributed by atoms with Crippen molar-refractivity contribution in [3.05, 3.63) is 17.6 Å². The normalized spacial score (nSPS) is 26.2. The highest BCUT2D eigenvalue weighted by Gasteiger charge is 2.55. The van der Waals surface area contributed by atoms with Crippen molar-refractivity contribution in [2.75, 3.05) is 12.3 Å². The lowest BCUT2D eigenvalue weighted by Gasteiger charge is -2.34. The molecule has 3 rings (SSSR count). The molecule has 0 bridgehead atoms. The molecular formula is C26H43N7O5. The van der Waals surface area contributed by atoms with Gasteiger partial charge in [-0.05, 0) is 39.0 Å². The summed E-state index contributed by atoms with van der Waals surface area (Å²) < 4.78 is 13.7. The maximum absolute atomic E-state index is 12.9. The number of rotatable bonds is 10. The van der Waals surface area contributed by atoms with Gasteiger partial charge in [-0.2, -0.15) is 0 Å². The van der Waals surface area contributed by atoms with E-state index in [9.17, 15) is 14.7 Å². The van der Waals surface area contributed by atoms with Crippen LogP contribution in [0.25, 0.3) is 11.0 Å². The molecule has 2 aromatic heterocycles. The number of nitrogens with zero attached hydrogens (tertiary/aromatic N) is 3. The molecule has 38 heavy (non-hydrogen) atoms. The molecule has 0 aliphatic heterocycles. The molecule has 1 aliphatic carbocycles. The molecule has 12 heteroatoms. The van der Waals surface area contributed by atoms with Crippen molar-refractivity contribution in [1.82, 2.24) is 14.5 Å². The number of fused-ring (bicyclic) bond motifs is 1. The van der Waals surface area contributed by atoms with E-state index in [1.165, 1.54) is 6.20 Å². The third-order valence-electron chi connectivity index (χ3n) is 7.74. The second kappa shape index (κ2) is 11.1. The van der Waals surface area contributed by atoms with Gasteiger partial charge in [-0.15, -0.1) is 0 Å². The fourth-order valence-electron chi connectivity index (χ4n) is 5.20. The van der Waals surface area contributed by atoms with Crippen LogP contribution in [0.5, 0.6) is 0 Å². The largest absolute Gasteiger partial charge is 0.458 e. The van der Waals surface area contributed by atoms with Crippen LogP contribution >= 0.6 is 0 Å². The first-order chi connectivity index (χ1) is 17.6. The van der Waals surface area contributed by atoms with E-state index in [1.54, 1.807) is 18.4 Å². The summed E-state index contributed by atoms with van der Waals surface area (Å²) in [7, 11) is 0. The van der Waals surface area contributed by atoms with Crippen molar-refractivity contribution >= 4 is 28.7 Å². The Morgan fingerprint density at radius 3 is 2.37 bits per heavy atom. The van der Waals surface area contributed by atoms with Crippen LogP contribution in [0, 0.1) is 24.7 Å². The Morgan fingerprint density at radius 2 is 1.82 bits per heavy atom. The van der Waals surface area contributed by atoms with E-state index in [1.807, 2.05) is 34.6 Å². The monoisotopic (exact) mass is 533 g/mol. The summed E-state index contributed by atoms with van der Waals surface area (Å²) in [5.41, 5.74) is 23.0. The Kier molecular flexibility index (Phi) is 8.71. The molecule has 12 nitrogen and oxygen atoms in total. The van der Waals surface area contributed by atoms with Crippen LogP contribution in [0.3, 0.4) is 0 Å². The smallest absolute Gasteiger partial charge is 0.323 e. The number of hydrogen-bond acceptors (Lipinski definition) is 10. The summed E-state index contributed by atoms with van der Waals surface area (Å²) in [5, 5.41) is 12.2. The zero-order valence-electron chi connectivity index (χ0n) is 23.3. The number of aliphatic hydroxyl groups is 1. The first-order valence-corrected chi connectivity index (χ1v) is 13.1. The molecule has 0 aromatic carbocycles. The molecule has 2 heterocycles. The van der Waals surface area contributed by atoms with Crippen LogP contribution < -0.4 is 22.9 Å². The van der Waals surface area contributed by atoms with Gasteiger partial charge >= 0.3 is 5.97 Å². The van der Waals surface area contributed by atoms with Gasteiger partial charge in [-0.1, -0.05) is 27.7 Å². The molecule has 9 N–H and O–H groups in total. The topological polar surface area (TPSA) is 208 Å². The lowest BCUT2D eigenvalue weighted by atomic mass is 9.95. The van der Waals surface area contributed by atoms with Gasteiger partial charge in [0.25, 0.3) is 5.91 Å². The number of ether oxygens (including phenoxy) is 2. The van der Waals surface area contributed by atoms with Crippen molar-refractivity contribution in [1.29, 1.82) is 0 Å². The number of nitrogens with two attached hydrogens (primary N) is 4. The Bertz CT molecular complexity index is 1180. The van der Waals surface area contributed by atoms with E-state index >= 15 is 0 Å². The zero-order chi connectivity index (χ0) is 28.7. The van der Waals surface area contributed by atoms with E-state index in [4.69, 9.17) is 32.4 Å². The minimum absolute atomic E-state index is 0.111. The van der Waals surface area contributed by atoms with Crippen molar-refractivity contribution in [3.63, 3.8) is 0 Å². The number of esters is 1. The minimum atomic E-state index is -1.59. The number of amides is 1. The average Bonchev–Trinajstić information content (AvgIpc) is 3.31. The molecule has 3 unspecified atom stereocenters. The summed E-state index contributed by atoms with van der Waals surface area (Å²) in [4.78, 5) is 33.9. The van der Waals surface area contributed by atoms with Gasteiger partial charge in [-0.3, -0.25) is 9.59 Å². The lowest BCUT2D eigenvalue weighted by Crippen LogP contribution is -2.49. The second-order valence-electron chi connectivity index (χ2n) is 11.4. The first-order valence-electron chi connectivity index (χ1n) is 13.1. The fourth-order valence-corrected chi connectivity index (χ4v) is 5.20. The van der Waals surface area contributed by atoms with Gasteiger partial charge < -0.3 is 42.1 Å². The molecule has 1 amide bonds. The van der Waals surface area contributed by atoms with Crippen LogP contribution in [-0.2, 0) is 14.3 Å². The highest BCUT2D eigenvalue weighted by atomic mass is 16.6. The molecule has 2 aromatic rings. The Balaban J connectivity index is 2.05. The van der Waals surface area contributed by atoms with E-state index in [0.29, 0.717) is 23.3 Å². The predicted octanol–water partition coefficient (Wildman–Crippen LogP) is 1.02. The molecule has 212 valence electrons. The summed E-state index contributed by atoms with van der Waals surface area (Å²) in [6.45, 7) is 13.0. The number of primary amides is 1. The predicted molar refractivity (Wildman–Crippen MR) is 144 cm³/mol. The standard InChI is InChI=1S/C26H43N7O5/c1-11(2)19(27)13(5)37-10-15-8-17(26(7,36)21(15)38-25(35)20(28)12(3)4)33-9-16(23(30)34)18-22(29)31-14(6)32-24(18)33/h9,11-13,15,17,19-21,36H,8,10,27-28H2,1-7H3,(H2,30,34)(H2,29,31,32)/t13?,15-,17-,19?,20?,21-,26+/m1/s1. The molecule has 1 aliphatic rings. The Morgan fingerprint density at radius 1 is 1.18 bits per heavy atom. The van der Waals surface area contributed by atoms with E-state index in [2.05, 4.69) is 9.97 Å². The minimum Gasteiger partial charge on any atom is -0.458 e. The third-order valence-corrected chi connectivity index (χ3v) is 7.74. The van der Waals surface area contributed by atoms with Crippen molar-refractivity contribution in [2.24, 2.45) is 35.0 Å². The van der Waals surface area contributed by atoms with Crippen LogP contribution in [0.15, 0.2) is 6.20 Å². The van der Waals surface area contributed by atoms with Gasteiger partial charge in [0.05, 0.1) is 29.7 Å². The second-order valence-corrected chi connectivity index (χ2v) is 11.4.